The highest BCUT2D eigenvalue weighted by molar-refractivity contribution is 5.83. The van der Waals surface area contributed by atoms with Gasteiger partial charge in [-0.2, -0.15) is 13.2 Å². The van der Waals surface area contributed by atoms with Gasteiger partial charge in [0.25, 0.3) is 0 Å². The SMILES string of the molecule is Cc1noc(C)c1-c1ccc2c(c1)nc(Cc1ccc(F)c(F)c1)n2C1CCC(C(F)(F)F)CC1. The van der Waals surface area contributed by atoms with E-state index in [9.17, 15) is 22.0 Å². The first kappa shape index (κ1) is 23.5. The van der Waals surface area contributed by atoms with Crippen molar-refractivity contribution < 1.29 is 26.5 Å². The molecule has 1 fully saturated rings. The van der Waals surface area contributed by atoms with Gasteiger partial charge < -0.3 is 9.09 Å². The molecule has 1 aliphatic rings. The highest BCUT2D eigenvalue weighted by atomic mass is 19.4. The fraction of sp³-hybridized carbons (Fsp3) is 0.385. The molecule has 0 radical (unpaired) electrons. The lowest BCUT2D eigenvalue weighted by Crippen LogP contribution is -2.29. The zero-order valence-electron chi connectivity index (χ0n) is 19.3. The van der Waals surface area contributed by atoms with Gasteiger partial charge in [0, 0.05) is 18.0 Å². The molecule has 2 heterocycles. The summed E-state index contributed by atoms with van der Waals surface area (Å²) in [6.07, 6.45) is -3.13. The average molecular weight is 489 g/mol. The van der Waals surface area contributed by atoms with Gasteiger partial charge in [-0.05, 0) is 74.9 Å². The van der Waals surface area contributed by atoms with Gasteiger partial charge in [-0.1, -0.05) is 17.3 Å². The number of benzene rings is 2. The molecule has 35 heavy (non-hydrogen) atoms. The van der Waals surface area contributed by atoms with Crippen LogP contribution in [0.2, 0.25) is 0 Å². The van der Waals surface area contributed by atoms with Crippen LogP contribution in [0.25, 0.3) is 22.2 Å². The van der Waals surface area contributed by atoms with Crippen LogP contribution in [-0.2, 0) is 6.42 Å². The van der Waals surface area contributed by atoms with E-state index in [1.807, 2.05) is 36.6 Å². The second-order valence-electron chi connectivity index (χ2n) is 9.27. The third-order valence-corrected chi connectivity index (χ3v) is 6.96. The van der Waals surface area contributed by atoms with E-state index in [-0.39, 0.29) is 25.3 Å². The van der Waals surface area contributed by atoms with E-state index in [1.54, 1.807) is 0 Å². The number of hydrogen-bond donors (Lipinski definition) is 0. The Balaban J connectivity index is 1.57. The molecule has 0 aliphatic heterocycles. The molecule has 4 aromatic rings. The van der Waals surface area contributed by atoms with E-state index in [2.05, 4.69) is 5.16 Å². The number of fused-ring (bicyclic) bond motifs is 1. The second-order valence-corrected chi connectivity index (χ2v) is 9.27. The second kappa shape index (κ2) is 8.77. The normalized spacial score (nSPS) is 18.9. The van der Waals surface area contributed by atoms with Crippen molar-refractivity contribution in [2.75, 3.05) is 0 Å². The summed E-state index contributed by atoms with van der Waals surface area (Å²) in [6.45, 7) is 3.67. The molecule has 0 bridgehead atoms. The van der Waals surface area contributed by atoms with Crippen LogP contribution in [-0.4, -0.2) is 20.9 Å². The number of alkyl halides is 3. The van der Waals surface area contributed by atoms with Gasteiger partial charge in [0.1, 0.15) is 11.6 Å². The van der Waals surface area contributed by atoms with Crippen LogP contribution in [0.3, 0.4) is 0 Å². The molecule has 4 nitrogen and oxygen atoms in total. The topological polar surface area (TPSA) is 43.9 Å². The summed E-state index contributed by atoms with van der Waals surface area (Å²) in [5.74, 6) is -1.89. The van der Waals surface area contributed by atoms with Gasteiger partial charge in [-0.15, -0.1) is 0 Å². The summed E-state index contributed by atoms with van der Waals surface area (Å²) in [5, 5.41) is 4.01. The first-order valence-electron chi connectivity index (χ1n) is 11.6. The number of nitrogens with zero attached hydrogens (tertiary/aromatic N) is 3. The fourth-order valence-electron chi connectivity index (χ4n) is 5.22. The van der Waals surface area contributed by atoms with Gasteiger partial charge in [0.2, 0.25) is 0 Å². The Morgan fingerprint density at radius 2 is 1.71 bits per heavy atom. The van der Waals surface area contributed by atoms with Crippen molar-refractivity contribution in [1.29, 1.82) is 0 Å². The quantitative estimate of drug-likeness (QED) is 0.279. The molecule has 0 unspecified atom stereocenters. The van der Waals surface area contributed by atoms with E-state index in [0.29, 0.717) is 35.5 Å². The van der Waals surface area contributed by atoms with Crippen LogP contribution in [0.15, 0.2) is 40.9 Å². The number of imidazole rings is 1. The highest BCUT2D eigenvalue weighted by Gasteiger charge is 2.42. The predicted octanol–water partition coefficient (Wildman–Crippen LogP) is 7.47. The van der Waals surface area contributed by atoms with E-state index in [4.69, 9.17) is 9.51 Å². The summed E-state index contributed by atoms with van der Waals surface area (Å²) < 4.78 is 74.3. The largest absolute Gasteiger partial charge is 0.391 e. The van der Waals surface area contributed by atoms with Crippen molar-refractivity contribution in [2.45, 2.75) is 58.2 Å². The minimum atomic E-state index is -4.19. The first-order valence-corrected chi connectivity index (χ1v) is 11.6. The zero-order chi connectivity index (χ0) is 24.9. The summed E-state index contributed by atoms with van der Waals surface area (Å²) in [5.41, 5.74) is 4.50. The summed E-state index contributed by atoms with van der Waals surface area (Å²) >= 11 is 0. The Bertz CT molecular complexity index is 1360. The lowest BCUT2D eigenvalue weighted by atomic mass is 9.85. The molecule has 5 rings (SSSR count). The number of aryl methyl sites for hydroxylation is 2. The van der Waals surface area contributed by atoms with E-state index in [0.717, 1.165) is 34.5 Å². The predicted molar refractivity (Wildman–Crippen MR) is 121 cm³/mol. The Hall–Kier alpha value is -3.23. The van der Waals surface area contributed by atoms with Crippen molar-refractivity contribution in [2.24, 2.45) is 5.92 Å². The minimum Gasteiger partial charge on any atom is -0.361 e. The van der Waals surface area contributed by atoms with Gasteiger partial charge in [0.05, 0.1) is 22.6 Å². The van der Waals surface area contributed by atoms with Crippen LogP contribution in [0.4, 0.5) is 22.0 Å². The van der Waals surface area contributed by atoms with Crippen LogP contribution in [0.1, 0.15) is 54.6 Å². The van der Waals surface area contributed by atoms with Crippen molar-refractivity contribution in [3.8, 4) is 11.1 Å². The summed E-state index contributed by atoms with van der Waals surface area (Å²) in [6, 6.07) is 9.29. The average Bonchev–Trinajstić information content (AvgIpc) is 3.33. The van der Waals surface area contributed by atoms with Crippen molar-refractivity contribution in [3.05, 3.63) is 70.9 Å². The molecule has 2 aromatic heterocycles. The van der Waals surface area contributed by atoms with Gasteiger partial charge in [-0.25, -0.2) is 13.8 Å². The standard InChI is InChI=1S/C26H24F5N3O/c1-14-25(15(2)35-33-14)17-4-10-23-22(13-17)32-24(12-16-3-9-20(27)21(28)11-16)34(23)19-7-5-18(6-8-19)26(29,30)31/h3-4,9-11,13,18-19H,5-8,12H2,1-2H3. The molecule has 1 saturated carbocycles. The van der Waals surface area contributed by atoms with Crippen molar-refractivity contribution in [1.82, 2.24) is 14.7 Å². The van der Waals surface area contributed by atoms with E-state index >= 15 is 0 Å². The zero-order valence-corrected chi connectivity index (χ0v) is 19.3. The molecule has 1 aliphatic carbocycles. The number of halogens is 5. The van der Waals surface area contributed by atoms with Crippen molar-refractivity contribution >= 4 is 11.0 Å². The summed E-state index contributed by atoms with van der Waals surface area (Å²) in [7, 11) is 0. The Kier molecular flexibility index (Phi) is 5.89. The molecule has 0 N–H and O–H groups in total. The molecule has 0 atom stereocenters. The fourth-order valence-corrected chi connectivity index (χ4v) is 5.22. The Labute approximate surface area is 198 Å². The number of aromatic nitrogens is 3. The highest BCUT2D eigenvalue weighted by Crippen LogP contribution is 2.43. The van der Waals surface area contributed by atoms with Crippen LogP contribution >= 0.6 is 0 Å². The Morgan fingerprint density at radius 1 is 0.971 bits per heavy atom. The molecular formula is C26H24F5N3O. The molecule has 2 aromatic carbocycles. The van der Waals surface area contributed by atoms with Gasteiger partial charge >= 0.3 is 6.18 Å². The third-order valence-electron chi connectivity index (χ3n) is 6.96. The van der Waals surface area contributed by atoms with E-state index in [1.165, 1.54) is 6.07 Å². The maximum Gasteiger partial charge on any atom is 0.391 e. The van der Waals surface area contributed by atoms with Crippen molar-refractivity contribution in [3.63, 3.8) is 0 Å². The number of hydrogen-bond acceptors (Lipinski definition) is 3. The lowest BCUT2D eigenvalue weighted by molar-refractivity contribution is -0.183. The van der Waals surface area contributed by atoms with Crippen LogP contribution in [0, 0.1) is 31.4 Å². The molecule has 0 spiro atoms. The number of rotatable bonds is 4. The van der Waals surface area contributed by atoms with E-state index < -0.39 is 23.7 Å². The first-order chi connectivity index (χ1) is 16.6. The smallest absolute Gasteiger partial charge is 0.361 e. The molecule has 9 heteroatoms. The minimum absolute atomic E-state index is 0.0512. The van der Waals surface area contributed by atoms with Gasteiger partial charge in [0.15, 0.2) is 11.6 Å². The summed E-state index contributed by atoms with van der Waals surface area (Å²) in [4.78, 5) is 4.81. The van der Waals surface area contributed by atoms with Crippen LogP contribution < -0.4 is 0 Å². The third kappa shape index (κ3) is 4.44. The monoisotopic (exact) mass is 489 g/mol. The molecule has 184 valence electrons. The Morgan fingerprint density at radius 3 is 2.34 bits per heavy atom. The van der Waals surface area contributed by atoms with Crippen LogP contribution in [0.5, 0.6) is 0 Å². The maximum atomic E-state index is 13.9. The molecule has 0 saturated heterocycles. The van der Waals surface area contributed by atoms with Gasteiger partial charge in [-0.3, -0.25) is 0 Å². The molecular weight excluding hydrogens is 465 g/mol. The maximum absolute atomic E-state index is 13.9. The molecule has 0 amide bonds. The lowest BCUT2D eigenvalue weighted by Gasteiger charge is -2.31.